The van der Waals surface area contributed by atoms with E-state index in [0.717, 1.165) is 23.7 Å². The lowest BCUT2D eigenvalue weighted by Crippen LogP contribution is -2.25. The number of hydrogen-bond acceptors (Lipinski definition) is 1. The molecule has 2 saturated carbocycles. The van der Waals surface area contributed by atoms with Crippen LogP contribution in [0.2, 0.25) is 5.15 Å². The summed E-state index contributed by atoms with van der Waals surface area (Å²) in [5, 5.41) is 0.611. The molecule has 2 aliphatic rings. The van der Waals surface area contributed by atoms with Crippen molar-refractivity contribution >= 4 is 11.6 Å². The molecule has 0 N–H and O–H groups in total. The third kappa shape index (κ3) is 3.80. The second-order valence-electron chi connectivity index (χ2n) is 7.22. The highest BCUT2D eigenvalue weighted by Crippen LogP contribution is 2.44. The first-order valence-corrected chi connectivity index (χ1v) is 9.25. The minimum Gasteiger partial charge on any atom is -0.244 e. The molecule has 2 heteroatoms. The minimum absolute atomic E-state index is 0.611. The molecule has 1 heterocycles. The predicted molar refractivity (Wildman–Crippen MR) is 89.7 cm³/mol. The summed E-state index contributed by atoms with van der Waals surface area (Å²) in [7, 11) is 0. The fourth-order valence-corrected chi connectivity index (χ4v) is 4.73. The van der Waals surface area contributed by atoms with E-state index in [1.54, 1.807) is 0 Å². The molecule has 2 fully saturated rings. The maximum Gasteiger partial charge on any atom is 0.129 e. The molecule has 21 heavy (non-hydrogen) atoms. The maximum absolute atomic E-state index is 5.89. The molecule has 0 atom stereocenters. The predicted octanol–water partition coefficient (Wildman–Crippen LogP) is 6.23. The van der Waals surface area contributed by atoms with Gasteiger partial charge < -0.3 is 0 Å². The van der Waals surface area contributed by atoms with Gasteiger partial charge in [0.2, 0.25) is 0 Å². The molecular weight excluding hydrogens is 278 g/mol. The average molecular weight is 306 g/mol. The highest BCUT2D eigenvalue weighted by molar-refractivity contribution is 6.29. The zero-order chi connectivity index (χ0) is 14.7. The number of pyridine rings is 1. The highest BCUT2D eigenvalue weighted by Gasteiger charge is 2.30. The zero-order valence-electron chi connectivity index (χ0n) is 13.2. The molecule has 0 spiro atoms. The lowest BCUT2D eigenvalue weighted by atomic mass is 9.68. The first-order valence-electron chi connectivity index (χ1n) is 8.87. The Kier molecular flexibility index (Phi) is 5.21. The quantitative estimate of drug-likeness (QED) is 0.604. The Morgan fingerprint density at radius 2 is 1.57 bits per heavy atom. The van der Waals surface area contributed by atoms with E-state index in [4.69, 9.17) is 11.6 Å². The van der Waals surface area contributed by atoms with Gasteiger partial charge in [-0.05, 0) is 73.8 Å². The number of hydrogen-bond donors (Lipinski definition) is 0. The van der Waals surface area contributed by atoms with Crippen molar-refractivity contribution in [1.29, 1.82) is 0 Å². The molecule has 0 aliphatic heterocycles. The molecule has 0 bridgehead atoms. The molecule has 1 aromatic heterocycles. The standard InChI is InChI=1S/C19H28ClN/c1-2-14-3-5-15(6-4-14)16-7-9-17(10-8-16)18-11-12-19(20)21-13-18/h11-17H,2-10H2,1H3/t14-,15-,16?,17?. The first kappa shape index (κ1) is 15.3. The van der Waals surface area contributed by atoms with Crippen LogP contribution in [0.25, 0.3) is 0 Å². The van der Waals surface area contributed by atoms with Crippen LogP contribution in [0.1, 0.15) is 76.2 Å². The largest absolute Gasteiger partial charge is 0.244 e. The van der Waals surface area contributed by atoms with Gasteiger partial charge in [-0.2, -0.15) is 0 Å². The van der Waals surface area contributed by atoms with Gasteiger partial charge in [0.05, 0.1) is 0 Å². The summed E-state index contributed by atoms with van der Waals surface area (Å²) in [6.45, 7) is 2.36. The molecule has 116 valence electrons. The van der Waals surface area contributed by atoms with E-state index in [1.807, 2.05) is 12.3 Å². The van der Waals surface area contributed by atoms with E-state index in [9.17, 15) is 0 Å². The summed E-state index contributed by atoms with van der Waals surface area (Å²) < 4.78 is 0. The van der Waals surface area contributed by atoms with E-state index in [1.165, 1.54) is 63.4 Å². The summed E-state index contributed by atoms with van der Waals surface area (Å²) in [5.41, 5.74) is 1.40. The van der Waals surface area contributed by atoms with Gasteiger partial charge in [0.15, 0.2) is 0 Å². The summed E-state index contributed by atoms with van der Waals surface area (Å²) in [6, 6.07) is 4.11. The zero-order valence-corrected chi connectivity index (χ0v) is 14.0. The average Bonchev–Trinajstić information content (AvgIpc) is 2.56. The van der Waals surface area contributed by atoms with Gasteiger partial charge in [0.1, 0.15) is 5.15 Å². The van der Waals surface area contributed by atoms with Crippen molar-refractivity contribution in [1.82, 2.24) is 4.98 Å². The van der Waals surface area contributed by atoms with Crippen LogP contribution in [0.4, 0.5) is 0 Å². The van der Waals surface area contributed by atoms with Gasteiger partial charge in [-0.1, -0.05) is 43.9 Å². The second-order valence-corrected chi connectivity index (χ2v) is 7.60. The summed E-state index contributed by atoms with van der Waals surface area (Å²) in [6.07, 6.45) is 14.9. The van der Waals surface area contributed by atoms with Gasteiger partial charge in [0, 0.05) is 6.20 Å². The van der Waals surface area contributed by atoms with E-state index in [0.29, 0.717) is 5.15 Å². The molecule has 0 saturated heterocycles. The van der Waals surface area contributed by atoms with Crippen molar-refractivity contribution in [2.45, 2.75) is 70.6 Å². The van der Waals surface area contributed by atoms with Gasteiger partial charge in [0.25, 0.3) is 0 Å². The Bertz CT molecular complexity index is 425. The van der Waals surface area contributed by atoms with E-state index in [-0.39, 0.29) is 0 Å². The lowest BCUT2D eigenvalue weighted by molar-refractivity contribution is 0.158. The smallest absolute Gasteiger partial charge is 0.129 e. The van der Waals surface area contributed by atoms with Crippen molar-refractivity contribution in [2.24, 2.45) is 17.8 Å². The molecule has 0 aromatic carbocycles. The number of halogens is 1. The fraction of sp³-hybridized carbons (Fsp3) is 0.737. The van der Waals surface area contributed by atoms with Crippen LogP contribution in [-0.4, -0.2) is 4.98 Å². The number of nitrogens with zero attached hydrogens (tertiary/aromatic N) is 1. The highest BCUT2D eigenvalue weighted by atomic mass is 35.5. The summed E-state index contributed by atoms with van der Waals surface area (Å²) >= 11 is 5.89. The maximum atomic E-state index is 5.89. The van der Waals surface area contributed by atoms with Crippen LogP contribution >= 0.6 is 11.6 Å². The Labute approximate surface area is 134 Å². The van der Waals surface area contributed by atoms with Crippen LogP contribution in [0.3, 0.4) is 0 Å². The molecule has 0 amide bonds. The minimum atomic E-state index is 0.611. The van der Waals surface area contributed by atoms with Gasteiger partial charge in [-0.3, -0.25) is 0 Å². The van der Waals surface area contributed by atoms with Crippen molar-refractivity contribution in [3.05, 3.63) is 29.0 Å². The molecule has 0 radical (unpaired) electrons. The van der Waals surface area contributed by atoms with Crippen LogP contribution in [-0.2, 0) is 0 Å². The third-order valence-electron chi connectivity index (χ3n) is 6.13. The molecule has 0 unspecified atom stereocenters. The summed E-state index contributed by atoms with van der Waals surface area (Å²) in [5.74, 6) is 3.77. The van der Waals surface area contributed by atoms with Gasteiger partial charge in [-0.25, -0.2) is 4.98 Å². The number of aromatic nitrogens is 1. The van der Waals surface area contributed by atoms with Crippen molar-refractivity contribution in [2.75, 3.05) is 0 Å². The van der Waals surface area contributed by atoms with Crippen LogP contribution in [0.15, 0.2) is 18.3 Å². The number of rotatable bonds is 3. The monoisotopic (exact) mass is 305 g/mol. The SMILES string of the molecule is CC[C@H]1CC[C@H](C2CCC(c3ccc(Cl)nc3)CC2)CC1. The van der Waals surface area contributed by atoms with E-state index in [2.05, 4.69) is 18.0 Å². The molecule has 1 nitrogen and oxygen atoms in total. The topological polar surface area (TPSA) is 12.9 Å². The molecular formula is C19H28ClN. The Morgan fingerprint density at radius 1 is 0.952 bits per heavy atom. The van der Waals surface area contributed by atoms with Crippen LogP contribution < -0.4 is 0 Å². The second kappa shape index (κ2) is 7.13. The normalized spacial score (nSPS) is 33.8. The lowest BCUT2D eigenvalue weighted by Gasteiger charge is -2.37. The van der Waals surface area contributed by atoms with Crippen molar-refractivity contribution in [3.63, 3.8) is 0 Å². The summed E-state index contributed by atoms with van der Waals surface area (Å²) in [4.78, 5) is 4.25. The Balaban J connectivity index is 1.50. The van der Waals surface area contributed by atoms with E-state index >= 15 is 0 Å². The molecule has 1 aromatic rings. The van der Waals surface area contributed by atoms with Gasteiger partial charge >= 0.3 is 0 Å². The fourth-order valence-electron chi connectivity index (χ4n) is 4.62. The third-order valence-corrected chi connectivity index (χ3v) is 6.35. The molecule has 3 rings (SSSR count). The molecule has 2 aliphatic carbocycles. The Hall–Kier alpha value is -0.560. The van der Waals surface area contributed by atoms with Crippen molar-refractivity contribution < 1.29 is 0 Å². The van der Waals surface area contributed by atoms with Crippen LogP contribution in [0.5, 0.6) is 0 Å². The Morgan fingerprint density at radius 3 is 2.10 bits per heavy atom. The van der Waals surface area contributed by atoms with Crippen molar-refractivity contribution in [3.8, 4) is 0 Å². The van der Waals surface area contributed by atoms with Crippen LogP contribution in [0, 0.1) is 17.8 Å². The van der Waals surface area contributed by atoms with E-state index < -0.39 is 0 Å². The van der Waals surface area contributed by atoms with Gasteiger partial charge in [-0.15, -0.1) is 0 Å². The first-order chi connectivity index (χ1) is 10.3.